The maximum Gasteiger partial charge on any atom is 0.257 e. The SMILES string of the molecule is CCn1cc2c(n1)-c1c(C(=O)Nc3cccnc3)c[nH]c1CCC2. The summed E-state index contributed by atoms with van der Waals surface area (Å²) in [6.07, 6.45) is 10.2. The third-order valence-electron chi connectivity index (χ3n) is 4.40. The van der Waals surface area contributed by atoms with Crippen LogP contribution in [0.25, 0.3) is 11.3 Å². The second-order valence-electron chi connectivity index (χ2n) is 5.96. The number of carbonyl (C=O) groups is 1. The molecule has 1 aliphatic rings. The first-order chi connectivity index (χ1) is 11.8. The Kier molecular flexibility index (Phi) is 3.65. The summed E-state index contributed by atoms with van der Waals surface area (Å²) in [5.41, 5.74) is 5.50. The van der Waals surface area contributed by atoms with Crippen LogP contribution < -0.4 is 5.32 Å². The van der Waals surface area contributed by atoms with Crippen LogP contribution in [-0.4, -0.2) is 25.7 Å². The molecule has 3 aromatic heterocycles. The first-order valence-electron chi connectivity index (χ1n) is 8.24. The maximum atomic E-state index is 12.8. The van der Waals surface area contributed by atoms with Crippen molar-refractivity contribution in [3.63, 3.8) is 0 Å². The standard InChI is InChI=1S/C18H19N5O/c1-2-23-11-12-5-3-7-15-16(17(12)22-23)14(10-20-15)18(24)21-13-6-4-8-19-9-13/h4,6,8-11,20H,2-3,5,7H2,1H3,(H,21,24). The lowest BCUT2D eigenvalue weighted by Gasteiger charge is -2.06. The molecule has 0 unspecified atom stereocenters. The molecule has 24 heavy (non-hydrogen) atoms. The van der Waals surface area contributed by atoms with Gasteiger partial charge in [-0.25, -0.2) is 0 Å². The highest BCUT2D eigenvalue weighted by atomic mass is 16.1. The van der Waals surface area contributed by atoms with E-state index in [1.807, 2.05) is 10.7 Å². The highest BCUT2D eigenvalue weighted by Crippen LogP contribution is 2.34. The largest absolute Gasteiger partial charge is 0.364 e. The van der Waals surface area contributed by atoms with E-state index in [1.165, 1.54) is 5.56 Å². The van der Waals surface area contributed by atoms with E-state index in [0.717, 1.165) is 42.8 Å². The smallest absolute Gasteiger partial charge is 0.257 e. The topological polar surface area (TPSA) is 75.6 Å². The molecule has 0 saturated heterocycles. The predicted octanol–water partition coefficient (Wildman–Crippen LogP) is 3.03. The summed E-state index contributed by atoms with van der Waals surface area (Å²) in [6.45, 7) is 2.89. The Balaban J connectivity index is 1.75. The van der Waals surface area contributed by atoms with E-state index in [0.29, 0.717) is 11.3 Å². The number of aromatic nitrogens is 4. The first-order valence-corrected chi connectivity index (χ1v) is 8.24. The molecule has 3 aromatic rings. The van der Waals surface area contributed by atoms with Gasteiger partial charge in [-0.05, 0) is 43.9 Å². The van der Waals surface area contributed by atoms with Crippen molar-refractivity contribution in [2.45, 2.75) is 32.7 Å². The zero-order valence-electron chi connectivity index (χ0n) is 13.5. The molecule has 0 aromatic carbocycles. The van der Waals surface area contributed by atoms with Gasteiger partial charge in [0.25, 0.3) is 5.91 Å². The van der Waals surface area contributed by atoms with Crippen LogP contribution in [0.2, 0.25) is 0 Å². The van der Waals surface area contributed by atoms with Crippen molar-refractivity contribution < 1.29 is 4.79 Å². The van der Waals surface area contributed by atoms with Crippen molar-refractivity contribution in [2.24, 2.45) is 0 Å². The molecule has 0 atom stereocenters. The number of amides is 1. The van der Waals surface area contributed by atoms with Crippen molar-refractivity contribution in [2.75, 3.05) is 5.32 Å². The Morgan fingerprint density at radius 1 is 1.42 bits per heavy atom. The number of H-pyrrole nitrogens is 1. The second-order valence-corrected chi connectivity index (χ2v) is 5.96. The third kappa shape index (κ3) is 2.50. The van der Waals surface area contributed by atoms with Gasteiger partial charge in [-0.1, -0.05) is 0 Å². The molecule has 1 amide bonds. The van der Waals surface area contributed by atoms with Gasteiger partial charge in [-0.15, -0.1) is 0 Å². The van der Waals surface area contributed by atoms with E-state index in [4.69, 9.17) is 5.10 Å². The summed E-state index contributed by atoms with van der Waals surface area (Å²) in [6, 6.07) is 3.63. The molecule has 0 aliphatic heterocycles. The number of hydrogen-bond acceptors (Lipinski definition) is 3. The highest BCUT2D eigenvalue weighted by Gasteiger charge is 2.25. The minimum absolute atomic E-state index is 0.139. The molecule has 3 heterocycles. The minimum atomic E-state index is -0.139. The fourth-order valence-electron chi connectivity index (χ4n) is 3.22. The molecule has 2 N–H and O–H groups in total. The van der Waals surface area contributed by atoms with Crippen molar-refractivity contribution in [1.29, 1.82) is 0 Å². The van der Waals surface area contributed by atoms with E-state index < -0.39 is 0 Å². The zero-order valence-corrected chi connectivity index (χ0v) is 13.5. The van der Waals surface area contributed by atoms with Gasteiger partial charge in [0.1, 0.15) is 0 Å². The van der Waals surface area contributed by atoms with Crippen molar-refractivity contribution in [3.05, 3.63) is 53.7 Å². The van der Waals surface area contributed by atoms with Crippen LogP contribution in [0.5, 0.6) is 0 Å². The summed E-state index contributed by atoms with van der Waals surface area (Å²) in [5, 5.41) is 7.61. The van der Waals surface area contributed by atoms with Gasteiger partial charge in [-0.3, -0.25) is 14.5 Å². The normalized spacial score (nSPS) is 13.0. The molecule has 0 fully saturated rings. The van der Waals surface area contributed by atoms with Crippen LogP contribution >= 0.6 is 0 Å². The fraction of sp³-hybridized carbons (Fsp3) is 0.278. The van der Waals surface area contributed by atoms with Crippen LogP contribution in [0.3, 0.4) is 0 Å². The number of nitrogens with one attached hydrogen (secondary N) is 2. The number of fused-ring (bicyclic) bond motifs is 3. The van der Waals surface area contributed by atoms with Crippen molar-refractivity contribution >= 4 is 11.6 Å². The molecule has 0 saturated carbocycles. The number of nitrogens with zero attached hydrogens (tertiary/aromatic N) is 3. The number of anilines is 1. The summed E-state index contributed by atoms with van der Waals surface area (Å²) >= 11 is 0. The molecule has 0 radical (unpaired) electrons. The van der Waals surface area contributed by atoms with E-state index in [1.54, 1.807) is 24.7 Å². The number of rotatable bonds is 3. The Morgan fingerprint density at radius 2 is 2.33 bits per heavy atom. The van der Waals surface area contributed by atoms with E-state index >= 15 is 0 Å². The summed E-state index contributed by atoms with van der Waals surface area (Å²) in [4.78, 5) is 20.1. The van der Waals surface area contributed by atoms with Gasteiger partial charge in [0.2, 0.25) is 0 Å². The number of pyridine rings is 1. The van der Waals surface area contributed by atoms with Gasteiger partial charge in [0.15, 0.2) is 0 Å². The molecular formula is C18H19N5O. The Bertz CT molecular complexity index is 878. The molecule has 1 aliphatic carbocycles. The monoisotopic (exact) mass is 321 g/mol. The maximum absolute atomic E-state index is 12.8. The fourth-order valence-corrected chi connectivity index (χ4v) is 3.22. The lowest BCUT2D eigenvalue weighted by molar-refractivity contribution is 0.102. The quantitative estimate of drug-likeness (QED) is 0.778. The minimum Gasteiger partial charge on any atom is -0.364 e. The lowest BCUT2D eigenvalue weighted by Crippen LogP contribution is -2.12. The van der Waals surface area contributed by atoms with Gasteiger partial charge in [-0.2, -0.15) is 5.10 Å². The van der Waals surface area contributed by atoms with Crippen molar-refractivity contribution in [3.8, 4) is 11.3 Å². The number of aryl methyl sites for hydroxylation is 3. The predicted molar refractivity (Wildman–Crippen MR) is 91.9 cm³/mol. The average Bonchev–Trinajstić information content (AvgIpc) is 3.16. The molecular weight excluding hydrogens is 302 g/mol. The highest BCUT2D eigenvalue weighted by molar-refractivity contribution is 6.09. The Labute approximate surface area is 139 Å². The van der Waals surface area contributed by atoms with Gasteiger partial charge >= 0.3 is 0 Å². The average molecular weight is 321 g/mol. The van der Waals surface area contributed by atoms with Crippen LogP contribution in [-0.2, 0) is 19.4 Å². The Hall–Kier alpha value is -2.89. The lowest BCUT2D eigenvalue weighted by atomic mass is 10.0. The third-order valence-corrected chi connectivity index (χ3v) is 4.40. The first kappa shape index (κ1) is 14.7. The molecule has 0 bridgehead atoms. The summed E-state index contributed by atoms with van der Waals surface area (Å²) in [5.74, 6) is -0.139. The summed E-state index contributed by atoms with van der Waals surface area (Å²) in [7, 11) is 0. The molecule has 6 nitrogen and oxygen atoms in total. The van der Waals surface area contributed by atoms with Crippen LogP contribution in [0.15, 0.2) is 36.9 Å². The second kappa shape index (κ2) is 5.96. The van der Waals surface area contributed by atoms with Crippen LogP contribution in [0.4, 0.5) is 5.69 Å². The molecule has 6 heteroatoms. The number of hydrogen-bond donors (Lipinski definition) is 2. The van der Waals surface area contributed by atoms with Gasteiger partial charge in [0.05, 0.1) is 23.1 Å². The Morgan fingerprint density at radius 3 is 3.12 bits per heavy atom. The van der Waals surface area contributed by atoms with Crippen LogP contribution in [0.1, 0.15) is 35.0 Å². The van der Waals surface area contributed by atoms with Gasteiger partial charge in [0, 0.05) is 36.4 Å². The summed E-state index contributed by atoms with van der Waals surface area (Å²) < 4.78 is 1.94. The van der Waals surface area contributed by atoms with Crippen molar-refractivity contribution in [1.82, 2.24) is 19.7 Å². The number of aromatic amines is 1. The zero-order chi connectivity index (χ0) is 16.5. The van der Waals surface area contributed by atoms with Crippen LogP contribution in [0, 0.1) is 0 Å². The van der Waals surface area contributed by atoms with E-state index in [9.17, 15) is 4.79 Å². The van der Waals surface area contributed by atoms with E-state index in [-0.39, 0.29) is 5.91 Å². The molecule has 122 valence electrons. The molecule has 4 rings (SSSR count). The van der Waals surface area contributed by atoms with E-state index in [2.05, 4.69) is 28.4 Å². The molecule has 0 spiro atoms. The number of carbonyl (C=O) groups excluding carboxylic acids is 1. The van der Waals surface area contributed by atoms with Gasteiger partial charge < -0.3 is 10.3 Å².